The van der Waals surface area contributed by atoms with Crippen molar-refractivity contribution >= 4 is 33.2 Å². The van der Waals surface area contributed by atoms with E-state index in [0.717, 1.165) is 5.69 Å². The highest BCUT2D eigenvalue weighted by molar-refractivity contribution is 6.09. The molecule has 0 unspecified atom stereocenters. The van der Waals surface area contributed by atoms with Crippen LogP contribution in [0.4, 0.5) is 11.4 Å². The molecule has 0 fully saturated rings. The minimum Gasteiger partial charge on any atom is -0.342 e. The second-order valence-electron chi connectivity index (χ2n) is 8.30. The summed E-state index contributed by atoms with van der Waals surface area (Å²) in [7, 11) is 2.16. The van der Waals surface area contributed by atoms with Gasteiger partial charge in [0.1, 0.15) is 0 Å². The van der Waals surface area contributed by atoms with Gasteiger partial charge in [0.15, 0.2) is 0 Å². The Bertz CT molecular complexity index is 1520. The van der Waals surface area contributed by atoms with Gasteiger partial charge in [0.25, 0.3) is 0 Å². The molecule has 1 heterocycles. The van der Waals surface area contributed by atoms with E-state index >= 15 is 0 Å². The van der Waals surface area contributed by atoms with Gasteiger partial charge >= 0.3 is 0 Å². The van der Waals surface area contributed by atoms with Crippen molar-refractivity contribution in [1.82, 2.24) is 4.57 Å². The fraction of sp³-hybridized carbons (Fsp3) is 0.0323. The fourth-order valence-electron chi connectivity index (χ4n) is 4.88. The van der Waals surface area contributed by atoms with Crippen LogP contribution in [-0.2, 0) is 0 Å². The van der Waals surface area contributed by atoms with Crippen LogP contribution in [0.15, 0.2) is 127 Å². The maximum Gasteiger partial charge on any atom is 0.0699 e. The first kappa shape index (κ1) is 19.4. The minimum absolute atomic E-state index is 1.16. The first-order valence-electron chi connectivity index (χ1n) is 11.3. The lowest BCUT2D eigenvalue weighted by atomic mass is 10.0. The fourth-order valence-corrected chi connectivity index (χ4v) is 4.88. The van der Waals surface area contributed by atoms with E-state index in [-0.39, 0.29) is 0 Å². The van der Waals surface area contributed by atoms with E-state index in [1.54, 1.807) is 0 Å². The van der Waals surface area contributed by atoms with Crippen LogP contribution in [0.3, 0.4) is 0 Å². The largest absolute Gasteiger partial charge is 0.342 e. The molecule has 1 aromatic heterocycles. The van der Waals surface area contributed by atoms with Crippen molar-refractivity contribution in [2.24, 2.45) is 0 Å². The normalized spacial score (nSPS) is 11.2. The summed E-state index contributed by atoms with van der Waals surface area (Å²) in [6, 6.07) is 45.2. The van der Waals surface area contributed by atoms with Crippen molar-refractivity contribution in [3.8, 4) is 16.8 Å². The van der Waals surface area contributed by atoms with Crippen molar-refractivity contribution in [3.63, 3.8) is 0 Å². The van der Waals surface area contributed by atoms with Crippen molar-refractivity contribution < 1.29 is 0 Å². The second-order valence-corrected chi connectivity index (χ2v) is 8.30. The number of hydrogen-bond acceptors (Lipinski definition) is 1. The van der Waals surface area contributed by atoms with Gasteiger partial charge in [-0.05, 0) is 35.9 Å². The summed E-state index contributed by atoms with van der Waals surface area (Å²) in [6.07, 6.45) is 0. The SMILES string of the molecule is CN(c1ccccc1-c1ccccc1)c1ccccc1-n1c2ccccc2c2ccccc21. The molecule has 33 heavy (non-hydrogen) atoms. The van der Waals surface area contributed by atoms with Crippen molar-refractivity contribution in [2.75, 3.05) is 11.9 Å². The second kappa shape index (κ2) is 7.99. The van der Waals surface area contributed by atoms with E-state index < -0.39 is 0 Å². The molecule has 0 N–H and O–H groups in total. The molecule has 0 aliphatic rings. The van der Waals surface area contributed by atoms with E-state index in [4.69, 9.17) is 0 Å². The molecule has 2 heteroatoms. The summed E-state index contributed by atoms with van der Waals surface area (Å²) in [5.41, 5.74) is 8.38. The summed E-state index contributed by atoms with van der Waals surface area (Å²) >= 11 is 0. The Hall–Kier alpha value is -4.30. The Morgan fingerprint density at radius 1 is 0.485 bits per heavy atom. The highest BCUT2D eigenvalue weighted by Crippen LogP contribution is 2.39. The predicted octanol–water partition coefficient (Wildman–Crippen LogP) is 8.22. The third-order valence-electron chi connectivity index (χ3n) is 6.41. The molecule has 0 spiro atoms. The monoisotopic (exact) mass is 424 g/mol. The van der Waals surface area contributed by atoms with E-state index in [1.165, 1.54) is 44.3 Å². The minimum atomic E-state index is 1.16. The zero-order chi connectivity index (χ0) is 22.2. The number of fused-ring (bicyclic) bond motifs is 3. The third-order valence-corrected chi connectivity index (χ3v) is 6.41. The van der Waals surface area contributed by atoms with Crippen LogP contribution in [0, 0.1) is 0 Å². The predicted molar refractivity (Wildman–Crippen MR) is 141 cm³/mol. The molecule has 158 valence electrons. The molecule has 2 nitrogen and oxygen atoms in total. The van der Waals surface area contributed by atoms with Crippen molar-refractivity contribution in [2.45, 2.75) is 0 Å². The average Bonchev–Trinajstić information content (AvgIpc) is 3.23. The Morgan fingerprint density at radius 3 is 1.70 bits per heavy atom. The Morgan fingerprint density at radius 2 is 1.00 bits per heavy atom. The smallest absolute Gasteiger partial charge is 0.0699 e. The number of para-hydroxylation sites is 5. The van der Waals surface area contributed by atoms with Crippen LogP contribution in [0.2, 0.25) is 0 Å². The molecule has 0 radical (unpaired) electrons. The molecule has 0 saturated heterocycles. The van der Waals surface area contributed by atoms with Crippen LogP contribution in [0.25, 0.3) is 38.6 Å². The van der Waals surface area contributed by atoms with Crippen LogP contribution >= 0.6 is 0 Å². The summed E-state index contributed by atoms with van der Waals surface area (Å²) in [6.45, 7) is 0. The van der Waals surface area contributed by atoms with E-state index in [9.17, 15) is 0 Å². The molecule has 0 aliphatic heterocycles. The molecule has 6 rings (SSSR count). The van der Waals surface area contributed by atoms with Gasteiger partial charge in [-0.25, -0.2) is 0 Å². The van der Waals surface area contributed by atoms with E-state index in [1.807, 2.05) is 0 Å². The van der Waals surface area contributed by atoms with Gasteiger partial charge in [-0.2, -0.15) is 0 Å². The van der Waals surface area contributed by atoms with E-state index in [0.29, 0.717) is 0 Å². The summed E-state index contributed by atoms with van der Waals surface area (Å²) in [4.78, 5) is 2.31. The molecule has 6 aromatic rings. The van der Waals surface area contributed by atoms with Gasteiger partial charge in [-0.3, -0.25) is 0 Å². The van der Waals surface area contributed by atoms with Crippen LogP contribution < -0.4 is 4.90 Å². The van der Waals surface area contributed by atoms with Crippen LogP contribution in [0.5, 0.6) is 0 Å². The quantitative estimate of drug-likeness (QED) is 0.277. The van der Waals surface area contributed by atoms with Crippen molar-refractivity contribution in [3.05, 3.63) is 127 Å². The molecule has 0 amide bonds. The number of hydrogen-bond donors (Lipinski definition) is 0. The molecule has 0 atom stereocenters. The highest BCUT2D eigenvalue weighted by Gasteiger charge is 2.18. The lowest BCUT2D eigenvalue weighted by Crippen LogP contribution is -2.13. The zero-order valence-corrected chi connectivity index (χ0v) is 18.5. The summed E-state index contributed by atoms with van der Waals surface area (Å²) < 4.78 is 2.39. The number of nitrogens with zero attached hydrogens (tertiary/aromatic N) is 2. The van der Waals surface area contributed by atoms with Gasteiger partial charge in [-0.1, -0.05) is 97.1 Å². The third kappa shape index (κ3) is 3.19. The van der Waals surface area contributed by atoms with Gasteiger partial charge in [-0.15, -0.1) is 0 Å². The molecule has 0 aliphatic carbocycles. The first-order chi connectivity index (χ1) is 16.3. The average molecular weight is 425 g/mol. The lowest BCUT2D eigenvalue weighted by Gasteiger charge is -2.26. The number of aromatic nitrogens is 1. The molecule has 5 aromatic carbocycles. The number of anilines is 2. The molecular formula is C31H24N2. The van der Waals surface area contributed by atoms with Gasteiger partial charge in [0.05, 0.1) is 22.4 Å². The van der Waals surface area contributed by atoms with Gasteiger partial charge < -0.3 is 9.47 Å². The maximum absolute atomic E-state index is 2.39. The molecule has 0 bridgehead atoms. The maximum atomic E-state index is 2.39. The molecule has 0 saturated carbocycles. The summed E-state index contributed by atoms with van der Waals surface area (Å²) in [5.74, 6) is 0. The Balaban J connectivity index is 1.59. The molecular weight excluding hydrogens is 400 g/mol. The highest BCUT2D eigenvalue weighted by atomic mass is 15.1. The summed E-state index contributed by atoms with van der Waals surface area (Å²) in [5, 5.41) is 2.55. The number of rotatable bonds is 4. The van der Waals surface area contributed by atoms with Crippen LogP contribution in [-0.4, -0.2) is 11.6 Å². The number of benzene rings is 5. The topological polar surface area (TPSA) is 8.17 Å². The Kier molecular flexibility index (Phi) is 4.70. The van der Waals surface area contributed by atoms with Gasteiger partial charge in [0.2, 0.25) is 0 Å². The van der Waals surface area contributed by atoms with Crippen LogP contribution in [0.1, 0.15) is 0 Å². The Labute approximate surface area is 194 Å². The van der Waals surface area contributed by atoms with E-state index in [2.05, 4.69) is 144 Å². The standard InChI is InChI=1S/C31H24N2/c1-32(27-18-8-5-15-24(27)23-13-3-2-4-14-23)30-21-11-12-22-31(30)33-28-19-9-6-16-25(28)26-17-7-10-20-29(26)33/h2-22H,1H3. The lowest BCUT2D eigenvalue weighted by molar-refractivity contribution is 1.12. The van der Waals surface area contributed by atoms with Gasteiger partial charge in [0, 0.05) is 29.1 Å². The first-order valence-corrected chi connectivity index (χ1v) is 11.3. The van der Waals surface area contributed by atoms with Crippen molar-refractivity contribution in [1.29, 1.82) is 0 Å². The zero-order valence-electron chi connectivity index (χ0n) is 18.5.